The summed E-state index contributed by atoms with van der Waals surface area (Å²) < 4.78 is 5.20. The first-order valence-corrected chi connectivity index (χ1v) is 3.96. The molecule has 4 nitrogen and oxygen atoms in total. The largest absolute Gasteiger partial charge is 0.491 e. The van der Waals surface area contributed by atoms with Gasteiger partial charge in [0.05, 0.1) is 18.7 Å². The van der Waals surface area contributed by atoms with Gasteiger partial charge in [-0.25, -0.2) is 0 Å². The lowest BCUT2D eigenvalue weighted by molar-refractivity contribution is -0.137. The molecule has 1 aromatic heterocycles. The maximum absolute atomic E-state index is 10.2. The molecule has 0 spiro atoms. The predicted molar refractivity (Wildman–Crippen MR) is 46.7 cm³/mol. The highest BCUT2D eigenvalue weighted by Crippen LogP contribution is 2.13. The first-order valence-electron chi connectivity index (χ1n) is 3.96. The molecular formula is C9H11NO3. The Morgan fingerprint density at radius 3 is 3.08 bits per heavy atom. The minimum atomic E-state index is -0.860. The lowest BCUT2D eigenvalue weighted by atomic mass is 10.3. The Balaban J connectivity index is 2.45. The monoisotopic (exact) mass is 181 g/mol. The fourth-order valence-corrected chi connectivity index (χ4v) is 0.870. The molecule has 0 aliphatic carbocycles. The zero-order valence-corrected chi connectivity index (χ0v) is 7.36. The van der Waals surface area contributed by atoms with Crippen molar-refractivity contribution < 1.29 is 14.6 Å². The minimum absolute atomic E-state index is 0.00827. The van der Waals surface area contributed by atoms with E-state index < -0.39 is 5.97 Å². The second-order valence-corrected chi connectivity index (χ2v) is 2.58. The van der Waals surface area contributed by atoms with Gasteiger partial charge in [-0.3, -0.25) is 9.78 Å². The van der Waals surface area contributed by atoms with Crippen molar-refractivity contribution in [3.63, 3.8) is 0 Å². The highest BCUT2D eigenvalue weighted by molar-refractivity contribution is 5.66. The van der Waals surface area contributed by atoms with Gasteiger partial charge in [0.25, 0.3) is 0 Å². The third-order valence-corrected chi connectivity index (χ3v) is 1.53. The predicted octanol–water partition coefficient (Wildman–Crippen LogP) is 1.24. The Bertz CT molecular complexity index is 299. The molecule has 0 radical (unpaired) electrons. The summed E-state index contributed by atoms with van der Waals surface area (Å²) in [7, 11) is 0. The highest BCUT2D eigenvalue weighted by Gasteiger charge is 2.00. The van der Waals surface area contributed by atoms with E-state index in [4.69, 9.17) is 9.84 Å². The van der Waals surface area contributed by atoms with E-state index in [-0.39, 0.29) is 13.0 Å². The molecule has 13 heavy (non-hydrogen) atoms. The first kappa shape index (κ1) is 9.51. The number of nitrogens with zero attached hydrogens (tertiary/aromatic N) is 1. The van der Waals surface area contributed by atoms with Crippen molar-refractivity contribution >= 4 is 5.97 Å². The molecule has 0 amide bonds. The Labute approximate surface area is 76.2 Å². The van der Waals surface area contributed by atoms with Crippen LogP contribution in [0.25, 0.3) is 0 Å². The quantitative estimate of drug-likeness (QED) is 0.759. The van der Waals surface area contributed by atoms with Gasteiger partial charge in [-0.2, -0.15) is 0 Å². The number of carboxylic acids is 1. The first-order chi connectivity index (χ1) is 6.20. The van der Waals surface area contributed by atoms with Crippen LogP contribution in [0.2, 0.25) is 0 Å². The fraction of sp³-hybridized carbons (Fsp3) is 0.333. The molecule has 0 fully saturated rings. The van der Waals surface area contributed by atoms with Crippen LogP contribution < -0.4 is 4.74 Å². The van der Waals surface area contributed by atoms with Crippen LogP contribution in [0.15, 0.2) is 18.3 Å². The average Bonchev–Trinajstić information content (AvgIpc) is 2.08. The van der Waals surface area contributed by atoms with Crippen molar-refractivity contribution in [2.45, 2.75) is 13.3 Å². The van der Waals surface area contributed by atoms with E-state index in [0.717, 1.165) is 5.69 Å². The van der Waals surface area contributed by atoms with Gasteiger partial charge in [0, 0.05) is 6.20 Å². The Kier molecular flexibility index (Phi) is 3.25. The molecule has 0 atom stereocenters. The third-order valence-electron chi connectivity index (χ3n) is 1.53. The Hall–Kier alpha value is -1.58. The fourth-order valence-electron chi connectivity index (χ4n) is 0.870. The van der Waals surface area contributed by atoms with Gasteiger partial charge in [-0.1, -0.05) is 0 Å². The third kappa shape index (κ3) is 3.11. The van der Waals surface area contributed by atoms with Gasteiger partial charge < -0.3 is 9.84 Å². The van der Waals surface area contributed by atoms with Crippen LogP contribution in [0.5, 0.6) is 5.75 Å². The van der Waals surface area contributed by atoms with Gasteiger partial charge >= 0.3 is 5.97 Å². The molecule has 0 saturated heterocycles. The second-order valence-electron chi connectivity index (χ2n) is 2.58. The molecule has 0 aliphatic heterocycles. The number of pyridine rings is 1. The molecular weight excluding hydrogens is 170 g/mol. The zero-order chi connectivity index (χ0) is 9.68. The molecule has 1 heterocycles. The lowest BCUT2D eigenvalue weighted by Gasteiger charge is -2.05. The van der Waals surface area contributed by atoms with E-state index in [2.05, 4.69) is 4.98 Å². The molecule has 0 saturated carbocycles. The summed E-state index contributed by atoms with van der Waals surface area (Å²) in [6.45, 7) is 2.00. The Morgan fingerprint density at radius 2 is 2.46 bits per heavy atom. The van der Waals surface area contributed by atoms with Crippen molar-refractivity contribution in [2.75, 3.05) is 6.61 Å². The molecule has 0 aliphatic rings. The molecule has 4 heteroatoms. The minimum Gasteiger partial charge on any atom is -0.491 e. The smallest absolute Gasteiger partial charge is 0.306 e. The average molecular weight is 181 g/mol. The zero-order valence-electron chi connectivity index (χ0n) is 7.36. The van der Waals surface area contributed by atoms with Gasteiger partial charge in [0.2, 0.25) is 0 Å². The number of carbonyl (C=O) groups is 1. The maximum atomic E-state index is 10.2. The molecule has 1 N–H and O–H groups in total. The van der Waals surface area contributed by atoms with Crippen molar-refractivity contribution in [3.8, 4) is 5.75 Å². The summed E-state index contributed by atoms with van der Waals surface area (Å²) in [5.41, 5.74) is 0.771. The highest BCUT2D eigenvalue weighted by atomic mass is 16.5. The van der Waals surface area contributed by atoms with Crippen molar-refractivity contribution in [1.82, 2.24) is 4.98 Å². The van der Waals surface area contributed by atoms with Crippen molar-refractivity contribution in [2.24, 2.45) is 0 Å². The van der Waals surface area contributed by atoms with E-state index in [0.29, 0.717) is 5.75 Å². The molecule has 0 unspecified atom stereocenters. The Morgan fingerprint density at radius 1 is 1.69 bits per heavy atom. The number of aryl methyl sites for hydroxylation is 1. The number of aromatic nitrogens is 1. The number of aliphatic carboxylic acids is 1. The standard InChI is InChI=1S/C9H11NO3/c1-7-8(3-2-5-10-7)13-6-4-9(11)12/h2-3,5H,4,6H2,1H3,(H,11,12). The summed E-state index contributed by atoms with van der Waals surface area (Å²) in [6.07, 6.45) is 1.67. The molecule has 1 rings (SSSR count). The van der Waals surface area contributed by atoms with E-state index >= 15 is 0 Å². The van der Waals surface area contributed by atoms with Crippen LogP contribution in [0, 0.1) is 6.92 Å². The topological polar surface area (TPSA) is 59.4 Å². The van der Waals surface area contributed by atoms with E-state index in [1.807, 2.05) is 6.92 Å². The van der Waals surface area contributed by atoms with Gasteiger partial charge in [0.15, 0.2) is 0 Å². The summed E-state index contributed by atoms with van der Waals surface area (Å²) in [5, 5.41) is 8.37. The van der Waals surface area contributed by atoms with Crippen LogP contribution >= 0.6 is 0 Å². The van der Waals surface area contributed by atoms with Gasteiger partial charge in [-0.15, -0.1) is 0 Å². The maximum Gasteiger partial charge on any atom is 0.306 e. The van der Waals surface area contributed by atoms with Crippen LogP contribution in [-0.2, 0) is 4.79 Å². The van der Waals surface area contributed by atoms with E-state index in [1.165, 1.54) is 0 Å². The number of hydrogen-bond acceptors (Lipinski definition) is 3. The number of hydrogen-bond donors (Lipinski definition) is 1. The molecule has 0 aromatic carbocycles. The molecule has 0 bridgehead atoms. The summed E-state index contributed by atoms with van der Waals surface area (Å²) >= 11 is 0. The summed E-state index contributed by atoms with van der Waals surface area (Å²) in [5.74, 6) is -0.217. The number of carboxylic acid groups (broad SMARTS) is 1. The number of ether oxygens (including phenoxy) is 1. The second kappa shape index (κ2) is 4.45. The van der Waals surface area contributed by atoms with E-state index in [9.17, 15) is 4.79 Å². The number of rotatable bonds is 4. The SMILES string of the molecule is Cc1ncccc1OCCC(=O)O. The van der Waals surface area contributed by atoms with Gasteiger partial charge in [-0.05, 0) is 19.1 Å². The van der Waals surface area contributed by atoms with Crippen LogP contribution in [0.4, 0.5) is 0 Å². The van der Waals surface area contributed by atoms with Gasteiger partial charge in [0.1, 0.15) is 5.75 Å². The molecule has 70 valence electrons. The van der Waals surface area contributed by atoms with E-state index in [1.54, 1.807) is 18.3 Å². The molecule has 1 aromatic rings. The van der Waals surface area contributed by atoms with Crippen molar-refractivity contribution in [3.05, 3.63) is 24.0 Å². The van der Waals surface area contributed by atoms with Crippen LogP contribution in [0.3, 0.4) is 0 Å². The van der Waals surface area contributed by atoms with Crippen LogP contribution in [0.1, 0.15) is 12.1 Å². The van der Waals surface area contributed by atoms with Crippen molar-refractivity contribution in [1.29, 1.82) is 0 Å². The summed E-state index contributed by atoms with van der Waals surface area (Å²) in [6, 6.07) is 3.52. The summed E-state index contributed by atoms with van der Waals surface area (Å²) in [4.78, 5) is 14.2. The normalized spacial score (nSPS) is 9.62. The van der Waals surface area contributed by atoms with Crippen LogP contribution in [-0.4, -0.2) is 22.7 Å². The lowest BCUT2D eigenvalue weighted by Crippen LogP contribution is -2.05.